The van der Waals surface area contributed by atoms with E-state index in [-0.39, 0.29) is 0 Å². The lowest BCUT2D eigenvalue weighted by Crippen LogP contribution is -2.74. The molecule has 0 aliphatic carbocycles. The predicted molar refractivity (Wildman–Crippen MR) is 217 cm³/mol. The van der Waals surface area contributed by atoms with Gasteiger partial charge in [0, 0.05) is 43.9 Å². The van der Waals surface area contributed by atoms with Gasteiger partial charge in [0.25, 0.3) is 0 Å². The number of rotatable bonds is 4. The first-order valence-electron chi connectivity index (χ1n) is 17.7. The zero-order valence-electron chi connectivity index (χ0n) is 27.6. The third kappa shape index (κ3) is 3.27. The summed E-state index contributed by atoms with van der Waals surface area (Å²) in [7, 11) is -2.80. The summed E-state index contributed by atoms with van der Waals surface area (Å²) in [6.45, 7) is 0. The van der Waals surface area contributed by atoms with Crippen molar-refractivity contribution in [3.63, 3.8) is 0 Å². The van der Waals surface area contributed by atoms with Crippen molar-refractivity contribution in [2.45, 2.75) is 0 Å². The number of nitrogens with zero attached hydrogens (tertiary/aromatic N) is 3. The Morgan fingerprint density at radius 3 is 1.20 bits per heavy atom. The van der Waals surface area contributed by atoms with E-state index in [1.54, 1.807) is 0 Å². The number of hydrogen-bond acceptors (Lipinski definition) is 1. The normalized spacial score (nSPS) is 12.7. The Kier molecular flexibility index (Phi) is 5.26. The molecule has 236 valence electrons. The Hall–Kier alpha value is -6.49. The zero-order chi connectivity index (χ0) is 33.3. The highest BCUT2D eigenvalue weighted by atomic mass is 28.3. The van der Waals surface area contributed by atoms with Crippen LogP contribution in [-0.4, -0.2) is 21.9 Å². The summed E-state index contributed by atoms with van der Waals surface area (Å²) >= 11 is 0. The molecule has 0 bridgehead atoms. The van der Waals surface area contributed by atoms with Crippen molar-refractivity contribution in [2.24, 2.45) is 0 Å². The molecule has 12 aromatic rings. The first kappa shape index (κ1) is 27.3. The number of pyridine rings is 1. The summed E-state index contributed by atoms with van der Waals surface area (Å²) in [5.74, 6) is 0. The average molecular weight is 664 g/mol. The van der Waals surface area contributed by atoms with Crippen LogP contribution in [0.2, 0.25) is 0 Å². The van der Waals surface area contributed by atoms with Crippen LogP contribution in [0.15, 0.2) is 176 Å². The fraction of sp³-hybridized carbons (Fsp3) is 0. The third-order valence-corrected chi connectivity index (χ3v) is 16.3. The Morgan fingerprint density at radius 1 is 0.353 bits per heavy atom. The molecule has 51 heavy (non-hydrogen) atoms. The van der Waals surface area contributed by atoms with Gasteiger partial charge in [0.15, 0.2) is 8.07 Å². The van der Waals surface area contributed by atoms with Crippen LogP contribution in [0.4, 0.5) is 0 Å². The maximum atomic E-state index is 5.59. The van der Waals surface area contributed by atoms with Crippen LogP contribution >= 0.6 is 0 Å². The summed E-state index contributed by atoms with van der Waals surface area (Å²) in [5.41, 5.74) is 8.51. The number of aromatic nitrogens is 3. The summed E-state index contributed by atoms with van der Waals surface area (Å²) in [6, 6.07) is 62.8. The van der Waals surface area contributed by atoms with Crippen molar-refractivity contribution in [3.05, 3.63) is 176 Å². The van der Waals surface area contributed by atoms with E-state index in [1.807, 2.05) is 0 Å². The fourth-order valence-electron chi connectivity index (χ4n) is 9.66. The molecule has 0 aliphatic rings. The van der Waals surface area contributed by atoms with Crippen LogP contribution < -0.4 is 20.7 Å². The molecular formula is C47H29N3Si. The number of para-hydroxylation sites is 3. The quantitative estimate of drug-likeness (QED) is 0.136. The Morgan fingerprint density at radius 2 is 0.725 bits per heavy atom. The Bertz CT molecular complexity index is 3190. The lowest BCUT2D eigenvalue weighted by Gasteiger charge is -2.34. The average Bonchev–Trinajstić information content (AvgIpc) is 3.93. The van der Waals surface area contributed by atoms with Crippen molar-refractivity contribution in [3.8, 4) is 0 Å². The minimum atomic E-state index is -2.80. The van der Waals surface area contributed by atoms with E-state index in [0.29, 0.717) is 0 Å². The van der Waals surface area contributed by atoms with Gasteiger partial charge < -0.3 is 8.80 Å². The van der Waals surface area contributed by atoms with Gasteiger partial charge in [0.2, 0.25) is 0 Å². The highest BCUT2D eigenvalue weighted by Gasteiger charge is 2.42. The second kappa shape index (κ2) is 9.81. The number of fused-ring (bicyclic) bond motifs is 14. The van der Waals surface area contributed by atoms with E-state index in [0.717, 1.165) is 11.0 Å². The molecule has 0 fully saturated rings. The van der Waals surface area contributed by atoms with E-state index in [9.17, 15) is 0 Å². The molecule has 0 amide bonds. The molecule has 0 radical (unpaired) electrons. The van der Waals surface area contributed by atoms with Crippen molar-refractivity contribution in [2.75, 3.05) is 0 Å². The highest BCUT2D eigenvalue weighted by Crippen LogP contribution is 2.51. The topological polar surface area (TPSA) is 21.7 Å². The maximum absolute atomic E-state index is 5.59. The molecule has 5 heterocycles. The summed E-state index contributed by atoms with van der Waals surface area (Å²) in [4.78, 5) is 5.59. The first-order valence-corrected chi connectivity index (χ1v) is 19.7. The molecule has 4 heteroatoms. The fourth-order valence-corrected chi connectivity index (χ4v) is 14.3. The molecular weight excluding hydrogens is 635 g/mol. The summed E-state index contributed by atoms with van der Waals surface area (Å²) in [6.07, 6.45) is 2.21. The summed E-state index contributed by atoms with van der Waals surface area (Å²) < 4.78 is 5.04. The molecule has 0 spiro atoms. The van der Waals surface area contributed by atoms with Crippen LogP contribution in [-0.2, 0) is 0 Å². The lowest BCUT2D eigenvalue weighted by atomic mass is 9.99. The molecule has 0 N–H and O–H groups in total. The SMILES string of the molecule is c1ccc([Si](c2ccccc2)(c2ccccc2)c2cnc3c4c5c6ccccc6n6c7ccccc7c(c7c8ccccc8n(c3c2)c74)c56)cc1. The monoisotopic (exact) mass is 663 g/mol. The van der Waals surface area contributed by atoms with Crippen LogP contribution in [0.3, 0.4) is 0 Å². The van der Waals surface area contributed by atoms with Crippen LogP contribution in [0.25, 0.3) is 76.3 Å². The van der Waals surface area contributed by atoms with E-state index < -0.39 is 8.07 Å². The third-order valence-electron chi connectivity index (χ3n) is 11.5. The molecule has 0 unspecified atom stereocenters. The predicted octanol–water partition coefficient (Wildman–Crippen LogP) is 8.76. The molecule has 3 nitrogen and oxygen atoms in total. The number of benzene rings is 7. The molecule has 0 saturated heterocycles. The lowest BCUT2D eigenvalue weighted by molar-refractivity contribution is 1.35. The van der Waals surface area contributed by atoms with Crippen molar-refractivity contribution in [1.82, 2.24) is 13.8 Å². The summed E-state index contributed by atoms with van der Waals surface area (Å²) in [5, 5.41) is 14.4. The molecule has 0 aliphatic heterocycles. The molecule has 0 saturated carbocycles. The van der Waals surface area contributed by atoms with E-state index in [1.165, 1.54) is 86.0 Å². The first-order chi connectivity index (χ1) is 25.4. The Balaban J connectivity index is 1.34. The second-order valence-electron chi connectivity index (χ2n) is 13.9. The highest BCUT2D eigenvalue weighted by molar-refractivity contribution is 7.19. The minimum Gasteiger partial charge on any atom is -0.308 e. The largest absolute Gasteiger partial charge is 0.308 e. The van der Waals surface area contributed by atoms with E-state index >= 15 is 0 Å². The zero-order valence-corrected chi connectivity index (χ0v) is 28.6. The number of hydrogen-bond donors (Lipinski definition) is 0. The van der Waals surface area contributed by atoms with Crippen molar-refractivity contribution >= 4 is 105 Å². The van der Waals surface area contributed by atoms with Gasteiger partial charge >= 0.3 is 0 Å². The molecule has 7 aromatic carbocycles. The Labute approximate surface area is 293 Å². The van der Waals surface area contributed by atoms with Gasteiger partial charge in [0.05, 0.1) is 38.6 Å². The van der Waals surface area contributed by atoms with Crippen molar-refractivity contribution in [1.29, 1.82) is 0 Å². The second-order valence-corrected chi connectivity index (χ2v) is 17.7. The van der Waals surface area contributed by atoms with Gasteiger partial charge in [-0.05, 0) is 45.0 Å². The molecule has 5 aromatic heterocycles. The van der Waals surface area contributed by atoms with Crippen LogP contribution in [0, 0.1) is 0 Å². The van der Waals surface area contributed by atoms with Gasteiger partial charge in [-0.15, -0.1) is 0 Å². The van der Waals surface area contributed by atoms with Crippen molar-refractivity contribution < 1.29 is 0 Å². The van der Waals surface area contributed by atoms with Gasteiger partial charge in [-0.2, -0.15) is 0 Å². The van der Waals surface area contributed by atoms with Gasteiger partial charge in [-0.1, -0.05) is 146 Å². The standard InChI is InChI=1S/C47H29N3Si/c1-4-16-30(17-5-1)51(31-18-6-2-7-19-31,32-20-8-3-9-21-32)33-28-40-45(48-29-33)44-43-36-24-12-14-26-38(36)49-37-25-13-10-22-34(37)41(46(43)49)42-35-23-11-15-27-39(35)50(40)47(42)44/h1-29H. The minimum absolute atomic E-state index is 1.06. The maximum Gasteiger partial charge on any atom is 0.181 e. The van der Waals surface area contributed by atoms with Gasteiger partial charge in [-0.3, -0.25) is 4.98 Å². The van der Waals surface area contributed by atoms with Gasteiger partial charge in [0.1, 0.15) is 0 Å². The van der Waals surface area contributed by atoms with E-state index in [4.69, 9.17) is 4.98 Å². The smallest absolute Gasteiger partial charge is 0.181 e. The van der Waals surface area contributed by atoms with Gasteiger partial charge in [-0.25, -0.2) is 0 Å². The van der Waals surface area contributed by atoms with E-state index in [2.05, 4.69) is 185 Å². The van der Waals surface area contributed by atoms with Crippen LogP contribution in [0.5, 0.6) is 0 Å². The molecule has 12 rings (SSSR count). The van der Waals surface area contributed by atoms with Crippen LogP contribution in [0.1, 0.15) is 0 Å². The molecule has 0 atom stereocenters.